The highest BCUT2D eigenvalue weighted by Gasteiger charge is 2.40. The maximum Gasteiger partial charge on any atom is 0.282 e. The molecule has 0 aromatic heterocycles. The van der Waals surface area contributed by atoms with Crippen molar-refractivity contribution < 1.29 is 14.3 Å². The minimum Gasteiger partial charge on any atom is -0.491 e. The van der Waals surface area contributed by atoms with Crippen molar-refractivity contribution >= 4 is 28.8 Å². The first-order chi connectivity index (χ1) is 16.2. The van der Waals surface area contributed by atoms with Gasteiger partial charge >= 0.3 is 0 Å². The van der Waals surface area contributed by atoms with Gasteiger partial charge in [0.2, 0.25) is 0 Å². The number of hydrogen-bond donors (Lipinski definition) is 1. The summed E-state index contributed by atoms with van der Waals surface area (Å²) in [4.78, 5) is 28.6. The highest BCUT2D eigenvalue weighted by Crippen LogP contribution is 2.35. The Hall–Kier alpha value is -3.86. The van der Waals surface area contributed by atoms with Crippen LogP contribution in [0.25, 0.3) is 5.57 Å². The van der Waals surface area contributed by atoms with E-state index in [9.17, 15) is 9.59 Å². The number of imide groups is 1. The van der Waals surface area contributed by atoms with E-state index in [1.165, 1.54) is 4.90 Å². The Balaban J connectivity index is 1.79. The van der Waals surface area contributed by atoms with Crippen LogP contribution in [0.15, 0.2) is 66.4 Å². The number of benzene rings is 3. The van der Waals surface area contributed by atoms with Crippen molar-refractivity contribution in [2.75, 3.05) is 10.2 Å². The van der Waals surface area contributed by atoms with Crippen molar-refractivity contribution in [3.63, 3.8) is 0 Å². The van der Waals surface area contributed by atoms with Crippen LogP contribution in [-0.2, 0) is 9.59 Å². The fraction of sp³-hybridized carbons (Fsp3) is 0.241. The molecule has 1 aliphatic rings. The molecule has 0 radical (unpaired) electrons. The van der Waals surface area contributed by atoms with Gasteiger partial charge in [-0.1, -0.05) is 35.9 Å². The molecule has 5 heteroatoms. The molecular formula is C29H30N2O3. The van der Waals surface area contributed by atoms with Gasteiger partial charge in [-0.25, -0.2) is 4.90 Å². The third kappa shape index (κ3) is 4.46. The fourth-order valence-electron chi connectivity index (χ4n) is 4.08. The van der Waals surface area contributed by atoms with E-state index in [0.717, 1.165) is 33.5 Å². The Kier molecular flexibility index (Phi) is 6.29. The molecule has 0 spiro atoms. The Morgan fingerprint density at radius 1 is 0.765 bits per heavy atom. The summed E-state index contributed by atoms with van der Waals surface area (Å²) in [6.45, 7) is 11.9. The summed E-state index contributed by atoms with van der Waals surface area (Å²) in [5.41, 5.74) is 6.99. The fourth-order valence-corrected chi connectivity index (χ4v) is 4.08. The maximum atomic E-state index is 13.7. The molecule has 0 bridgehead atoms. The van der Waals surface area contributed by atoms with Crippen LogP contribution in [0, 0.1) is 27.7 Å². The van der Waals surface area contributed by atoms with E-state index in [1.807, 2.05) is 77.9 Å². The molecule has 3 aromatic rings. The van der Waals surface area contributed by atoms with Gasteiger partial charge in [0.1, 0.15) is 11.4 Å². The molecule has 1 N–H and O–H groups in total. The molecule has 0 saturated heterocycles. The number of aryl methyl sites for hydroxylation is 4. The topological polar surface area (TPSA) is 58.6 Å². The Labute approximate surface area is 201 Å². The molecule has 4 rings (SSSR count). The lowest BCUT2D eigenvalue weighted by Crippen LogP contribution is -2.32. The maximum absolute atomic E-state index is 13.7. The summed E-state index contributed by atoms with van der Waals surface area (Å²) in [5.74, 6) is -0.0393. The largest absolute Gasteiger partial charge is 0.491 e. The Morgan fingerprint density at radius 2 is 1.47 bits per heavy atom. The van der Waals surface area contributed by atoms with Crippen LogP contribution < -0.4 is 15.0 Å². The smallest absolute Gasteiger partial charge is 0.282 e. The third-order valence-corrected chi connectivity index (χ3v) is 5.99. The number of nitrogens with zero attached hydrogens (tertiary/aromatic N) is 1. The molecule has 0 unspecified atom stereocenters. The van der Waals surface area contributed by atoms with Gasteiger partial charge in [0.25, 0.3) is 11.8 Å². The van der Waals surface area contributed by atoms with Crippen molar-refractivity contribution in [1.29, 1.82) is 0 Å². The quantitative estimate of drug-likeness (QED) is 0.457. The third-order valence-electron chi connectivity index (χ3n) is 5.99. The predicted octanol–water partition coefficient (Wildman–Crippen LogP) is 6.10. The zero-order valence-corrected chi connectivity index (χ0v) is 20.5. The second-order valence-electron chi connectivity index (χ2n) is 9.10. The van der Waals surface area contributed by atoms with Gasteiger partial charge in [-0.05, 0) is 94.1 Å². The molecule has 2 amide bonds. The Bertz CT molecular complexity index is 1300. The molecule has 3 aromatic carbocycles. The first-order valence-corrected chi connectivity index (χ1v) is 11.5. The highest BCUT2D eigenvalue weighted by molar-refractivity contribution is 6.46. The summed E-state index contributed by atoms with van der Waals surface area (Å²) in [5, 5.41) is 3.28. The minimum absolute atomic E-state index is 0.0347. The number of carbonyl (C=O) groups is 2. The van der Waals surface area contributed by atoms with Crippen LogP contribution in [0.2, 0.25) is 0 Å². The average molecular weight is 455 g/mol. The summed E-state index contributed by atoms with van der Waals surface area (Å²) in [7, 11) is 0. The van der Waals surface area contributed by atoms with Gasteiger partial charge in [-0.2, -0.15) is 0 Å². The molecule has 1 aliphatic heterocycles. The van der Waals surface area contributed by atoms with Gasteiger partial charge in [-0.3, -0.25) is 9.59 Å². The molecule has 174 valence electrons. The highest BCUT2D eigenvalue weighted by atomic mass is 16.5. The van der Waals surface area contributed by atoms with Crippen LogP contribution in [0.5, 0.6) is 5.75 Å². The Morgan fingerprint density at radius 3 is 2.09 bits per heavy atom. The van der Waals surface area contributed by atoms with E-state index < -0.39 is 0 Å². The van der Waals surface area contributed by atoms with E-state index in [2.05, 4.69) is 5.32 Å². The average Bonchev–Trinajstić information content (AvgIpc) is 3.02. The molecule has 0 aliphatic carbocycles. The standard InChI is InChI=1S/C29H30N2O3/c1-17(2)34-24-12-10-23(11-13-24)31-28(32)26(22-9-8-19(4)20(5)16-22)27(29(31)33)30-25-14-7-18(3)15-21(25)6/h7-17,30H,1-6H3. The molecule has 0 fully saturated rings. The van der Waals surface area contributed by atoms with Crippen LogP contribution in [0.4, 0.5) is 11.4 Å². The van der Waals surface area contributed by atoms with E-state index >= 15 is 0 Å². The van der Waals surface area contributed by atoms with Crippen LogP contribution in [0.1, 0.15) is 41.7 Å². The number of rotatable bonds is 6. The molecular weight excluding hydrogens is 424 g/mol. The van der Waals surface area contributed by atoms with Crippen molar-refractivity contribution in [3.05, 3.63) is 94.2 Å². The lowest BCUT2D eigenvalue weighted by molar-refractivity contribution is -0.120. The number of ether oxygens (including phenoxy) is 1. The van der Waals surface area contributed by atoms with Gasteiger partial charge in [0, 0.05) is 5.69 Å². The number of anilines is 2. The zero-order valence-electron chi connectivity index (χ0n) is 20.5. The molecule has 34 heavy (non-hydrogen) atoms. The van der Waals surface area contributed by atoms with Crippen LogP contribution >= 0.6 is 0 Å². The monoisotopic (exact) mass is 454 g/mol. The van der Waals surface area contributed by atoms with Gasteiger partial charge in [0.15, 0.2) is 0 Å². The lowest BCUT2D eigenvalue weighted by Gasteiger charge is -2.17. The second kappa shape index (κ2) is 9.18. The normalized spacial score (nSPS) is 13.8. The summed E-state index contributed by atoms with van der Waals surface area (Å²) < 4.78 is 5.71. The summed E-state index contributed by atoms with van der Waals surface area (Å²) >= 11 is 0. The van der Waals surface area contributed by atoms with Crippen molar-refractivity contribution in [2.45, 2.75) is 47.6 Å². The van der Waals surface area contributed by atoms with Crippen molar-refractivity contribution in [3.8, 4) is 5.75 Å². The number of carbonyl (C=O) groups excluding carboxylic acids is 2. The molecule has 5 nitrogen and oxygen atoms in total. The van der Waals surface area contributed by atoms with E-state index in [4.69, 9.17) is 4.74 Å². The first kappa shape index (κ1) is 23.3. The zero-order chi connectivity index (χ0) is 24.6. The van der Waals surface area contributed by atoms with Gasteiger partial charge < -0.3 is 10.1 Å². The number of hydrogen-bond acceptors (Lipinski definition) is 4. The van der Waals surface area contributed by atoms with Crippen molar-refractivity contribution in [1.82, 2.24) is 0 Å². The number of amides is 2. The van der Waals surface area contributed by atoms with Crippen LogP contribution in [0.3, 0.4) is 0 Å². The lowest BCUT2D eigenvalue weighted by atomic mass is 9.99. The van der Waals surface area contributed by atoms with Gasteiger partial charge in [-0.15, -0.1) is 0 Å². The van der Waals surface area contributed by atoms with Gasteiger partial charge in [0.05, 0.1) is 17.4 Å². The second-order valence-corrected chi connectivity index (χ2v) is 9.10. The van der Waals surface area contributed by atoms with Crippen LogP contribution in [-0.4, -0.2) is 17.9 Å². The predicted molar refractivity (Wildman–Crippen MR) is 137 cm³/mol. The molecule has 0 saturated carbocycles. The SMILES string of the molecule is Cc1ccc(NC2=C(c3ccc(C)c(C)c3)C(=O)N(c3ccc(OC(C)C)cc3)C2=O)c(C)c1. The van der Waals surface area contributed by atoms with E-state index in [-0.39, 0.29) is 23.6 Å². The van der Waals surface area contributed by atoms with E-state index in [1.54, 1.807) is 24.3 Å². The summed E-state index contributed by atoms with van der Waals surface area (Å²) in [6.07, 6.45) is 0.0347. The molecule has 0 atom stereocenters. The summed E-state index contributed by atoms with van der Waals surface area (Å²) in [6, 6.07) is 18.8. The van der Waals surface area contributed by atoms with Crippen molar-refractivity contribution in [2.24, 2.45) is 0 Å². The van der Waals surface area contributed by atoms with E-state index in [0.29, 0.717) is 17.0 Å². The number of nitrogens with one attached hydrogen (secondary N) is 1. The first-order valence-electron chi connectivity index (χ1n) is 11.5. The minimum atomic E-state index is -0.379. The molecule has 1 heterocycles.